The van der Waals surface area contributed by atoms with Crippen LogP contribution in [-0.4, -0.2) is 53.1 Å². The van der Waals surface area contributed by atoms with E-state index in [2.05, 4.69) is 4.90 Å². The highest BCUT2D eigenvalue weighted by molar-refractivity contribution is 7.92. The SMILES string of the molecule is COc1ccc(-c2csc(N3CCC(S(=O)(=O)c4ccc(OC)cc4OC)CC3)n2)cc1. The number of sulfone groups is 1. The first-order chi connectivity index (χ1) is 15.5. The Balaban J connectivity index is 1.46. The Labute approximate surface area is 192 Å². The van der Waals surface area contributed by atoms with Gasteiger partial charge in [0.25, 0.3) is 0 Å². The molecule has 1 aliphatic heterocycles. The lowest BCUT2D eigenvalue weighted by atomic mass is 10.1. The van der Waals surface area contributed by atoms with Gasteiger partial charge in [0.1, 0.15) is 22.1 Å². The van der Waals surface area contributed by atoms with Gasteiger partial charge in [0.05, 0.1) is 32.3 Å². The molecule has 0 amide bonds. The molecule has 0 radical (unpaired) electrons. The van der Waals surface area contributed by atoms with E-state index >= 15 is 0 Å². The van der Waals surface area contributed by atoms with Crippen molar-refractivity contribution in [2.75, 3.05) is 39.3 Å². The third-order valence-corrected chi connectivity index (χ3v) is 8.91. The first-order valence-electron chi connectivity index (χ1n) is 10.3. The Morgan fingerprint density at radius 2 is 1.59 bits per heavy atom. The zero-order chi connectivity index (χ0) is 22.7. The highest BCUT2D eigenvalue weighted by Gasteiger charge is 2.34. The first-order valence-corrected chi connectivity index (χ1v) is 12.7. The van der Waals surface area contributed by atoms with E-state index in [4.69, 9.17) is 19.2 Å². The molecule has 0 bridgehead atoms. The van der Waals surface area contributed by atoms with Crippen LogP contribution in [-0.2, 0) is 9.84 Å². The molecule has 170 valence electrons. The number of ether oxygens (including phenoxy) is 3. The summed E-state index contributed by atoms with van der Waals surface area (Å²) in [4.78, 5) is 7.15. The summed E-state index contributed by atoms with van der Waals surface area (Å²) in [5.74, 6) is 1.68. The number of piperidine rings is 1. The molecule has 1 aliphatic rings. The van der Waals surface area contributed by atoms with Crippen LogP contribution in [0.4, 0.5) is 5.13 Å². The summed E-state index contributed by atoms with van der Waals surface area (Å²) in [6.45, 7) is 1.27. The summed E-state index contributed by atoms with van der Waals surface area (Å²) in [5.41, 5.74) is 1.93. The summed E-state index contributed by atoms with van der Waals surface area (Å²) in [6.07, 6.45) is 1.07. The predicted molar refractivity (Wildman–Crippen MR) is 126 cm³/mol. The molecular weight excluding hydrogens is 448 g/mol. The normalized spacial score (nSPS) is 14.9. The van der Waals surface area contributed by atoms with Crippen LogP contribution in [0.25, 0.3) is 11.3 Å². The van der Waals surface area contributed by atoms with Crippen molar-refractivity contribution in [2.24, 2.45) is 0 Å². The van der Waals surface area contributed by atoms with Gasteiger partial charge in [-0.2, -0.15) is 0 Å². The number of methoxy groups -OCH3 is 3. The van der Waals surface area contributed by atoms with Crippen LogP contribution in [0.2, 0.25) is 0 Å². The second-order valence-electron chi connectivity index (χ2n) is 7.49. The summed E-state index contributed by atoms with van der Waals surface area (Å²) in [5, 5.41) is 2.48. The monoisotopic (exact) mass is 474 g/mol. The van der Waals surface area contributed by atoms with Crippen LogP contribution in [0.5, 0.6) is 17.2 Å². The van der Waals surface area contributed by atoms with Crippen molar-refractivity contribution in [3.05, 3.63) is 47.8 Å². The fourth-order valence-corrected chi connectivity index (χ4v) is 6.61. The lowest BCUT2D eigenvalue weighted by Gasteiger charge is -2.31. The maximum absolute atomic E-state index is 13.3. The summed E-state index contributed by atoms with van der Waals surface area (Å²) in [6, 6.07) is 12.6. The highest BCUT2D eigenvalue weighted by atomic mass is 32.2. The molecule has 0 atom stereocenters. The van der Waals surface area contributed by atoms with Gasteiger partial charge < -0.3 is 19.1 Å². The predicted octanol–water partition coefficient (Wildman–Crippen LogP) is 4.28. The zero-order valence-corrected chi connectivity index (χ0v) is 19.9. The van der Waals surface area contributed by atoms with Gasteiger partial charge in [0.2, 0.25) is 0 Å². The lowest BCUT2D eigenvalue weighted by molar-refractivity contribution is 0.385. The molecule has 0 N–H and O–H groups in total. The van der Waals surface area contributed by atoms with Gasteiger partial charge in [-0.3, -0.25) is 0 Å². The molecule has 2 heterocycles. The van der Waals surface area contributed by atoms with Gasteiger partial charge in [-0.15, -0.1) is 11.3 Å². The van der Waals surface area contributed by atoms with E-state index in [1.165, 1.54) is 14.2 Å². The van der Waals surface area contributed by atoms with Gasteiger partial charge in [-0.25, -0.2) is 13.4 Å². The largest absolute Gasteiger partial charge is 0.497 e. The third-order valence-electron chi connectivity index (χ3n) is 5.71. The Morgan fingerprint density at radius 1 is 0.938 bits per heavy atom. The number of thiazole rings is 1. The van der Waals surface area contributed by atoms with Crippen molar-refractivity contribution in [3.8, 4) is 28.5 Å². The van der Waals surface area contributed by atoms with Crippen LogP contribution < -0.4 is 19.1 Å². The van der Waals surface area contributed by atoms with Gasteiger partial charge in [0, 0.05) is 30.1 Å². The maximum atomic E-state index is 13.3. The minimum absolute atomic E-state index is 0.218. The van der Waals surface area contributed by atoms with E-state index in [1.807, 2.05) is 29.6 Å². The molecular formula is C23H26N2O5S2. The molecule has 1 fully saturated rings. The maximum Gasteiger partial charge on any atom is 0.185 e. The van der Waals surface area contributed by atoms with E-state index < -0.39 is 15.1 Å². The molecule has 32 heavy (non-hydrogen) atoms. The molecule has 1 saturated heterocycles. The van der Waals surface area contributed by atoms with Gasteiger partial charge in [0.15, 0.2) is 15.0 Å². The molecule has 3 aromatic rings. The van der Waals surface area contributed by atoms with E-state index in [-0.39, 0.29) is 4.90 Å². The molecule has 1 aromatic heterocycles. The molecule has 4 rings (SSSR count). The molecule has 2 aromatic carbocycles. The molecule has 9 heteroatoms. The number of nitrogens with zero attached hydrogens (tertiary/aromatic N) is 2. The number of hydrogen-bond acceptors (Lipinski definition) is 8. The number of anilines is 1. The van der Waals surface area contributed by atoms with Gasteiger partial charge in [-0.05, 0) is 49.2 Å². The van der Waals surface area contributed by atoms with E-state index in [0.29, 0.717) is 37.4 Å². The Bertz CT molecular complexity index is 1170. The van der Waals surface area contributed by atoms with Gasteiger partial charge in [-0.1, -0.05) is 0 Å². The van der Waals surface area contributed by atoms with Crippen LogP contribution in [0.15, 0.2) is 52.7 Å². The van der Waals surface area contributed by atoms with Crippen molar-refractivity contribution >= 4 is 26.3 Å². The van der Waals surface area contributed by atoms with Crippen molar-refractivity contribution in [1.29, 1.82) is 0 Å². The van der Waals surface area contributed by atoms with Crippen LogP contribution >= 0.6 is 11.3 Å². The number of hydrogen-bond donors (Lipinski definition) is 0. The average Bonchev–Trinajstić information content (AvgIpc) is 3.34. The van der Waals surface area contributed by atoms with E-state index in [9.17, 15) is 8.42 Å². The Hall–Kier alpha value is -2.78. The van der Waals surface area contributed by atoms with Crippen molar-refractivity contribution < 1.29 is 22.6 Å². The molecule has 0 saturated carbocycles. The number of rotatable bonds is 7. The average molecular weight is 475 g/mol. The van der Waals surface area contributed by atoms with Crippen LogP contribution in [0.1, 0.15) is 12.8 Å². The minimum atomic E-state index is -3.52. The summed E-state index contributed by atoms with van der Waals surface area (Å²) < 4.78 is 42.3. The quantitative estimate of drug-likeness (QED) is 0.506. The van der Waals surface area contributed by atoms with E-state index in [0.717, 1.165) is 22.1 Å². The van der Waals surface area contributed by atoms with Gasteiger partial charge >= 0.3 is 0 Å². The minimum Gasteiger partial charge on any atom is -0.497 e. The summed E-state index contributed by atoms with van der Waals surface area (Å²) >= 11 is 1.58. The van der Waals surface area contributed by atoms with Crippen molar-refractivity contribution in [1.82, 2.24) is 4.98 Å². The van der Waals surface area contributed by atoms with Crippen LogP contribution in [0, 0.1) is 0 Å². The van der Waals surface area contributed by atoms with Crippen molar-refractivity contribution in [3.63, 3.8) is 0 Å². The smallest absolute Gasteiger partial charge is 0.185 e. The molecule has 0 spiro atoms. The number of benzene rings is 2. The second-order valence-corrected chi connectivity index (χ2v) is 10.5. The van der Waals surface area contributed by atoms with Crippen molar-refractivity contribution in [2.45, 2.75) is 23.0 Å². The summed E-state index contributed by atoms with van der Waals surface area (Å²) in [7, 11) is 1.14. The second kappa shape index (κ2) is 9.38. The fourth-order valence-electron chi connectivity index (χ4n) is 3.85. The molecule has 7 nitrogen and oxygen atoms in total. The topological polar surface area (TPSA) is 78.0 Å². The van der Waals surface area contributed by atoms with Crippen LogP contribution in [0.3, 0.4) is 0 Å². The Kier molecular flexibility index (Phi) is 6.57. The lowest BCUT2D eigenvalue weighted by Crippen LogP contribution is -2.39. The Morgan fingerprint density at radius 3 is 2.22 bits per heavy atom. The zero-order valence-electron chi connectivity index (χ0n) is 18.3. The number of aromatic nitrogens is 1. The molecule has 0 aliphatic carbocycles. The first kappa shape index (κ1) is 22.4. The molecule has 0 unspecified atom stereocenters. The third kappa shape index (κ3) is 4.40. The highest BCUT2D eigenvalue weighted by Crippen LogP contribution is 2.35. The fraction of sp³-hybridized carbons (Fsp3) is 0.348. The van der Waals surface area contributed by atoms with E-state index in [1.54, 1.807) is 36.6 Å². The standard InChI is InChI=1S/C23H26N2O5S2/c1-28-17-6-4-16(5-7-17)20-15-31-23(24-20)25-12-10-19(11-13-25)32(26,27)22-9-8-18(29-2)14-21(22)30-3/h4-9,14-15,19H,10-13H2,1-3H3.